The number of thioether (sulfide) groups is 1. The lowest BCUT2D eigenvalue weighted by Crippen LogP contribution is -2.51. The summed E-state index contributed by atoms with van der Waals surface area (Å²) in [6.45, 7) is 3.13. The van der Waals surface area contributed by atoms with Gasteiger partial charge in [-0.15, -0.1) is 11.8 Å². The van der Waals surface area contributed by atoms with Crippen molar-refractivity contribution in [3.05, 3.63) is 108 Å². The third-order valence-electron chi connectivity index (χ3n) is 5.63. The van der Waals surface area contributed by atoms with E-state index < -0.39 is 6.04 Å². The van der Waals surface area contributed by atoms with E-state index in [9.17, 15) is 9.59 Å². The number of amides is 2. The number of hydrogen-bond donors (Lipinski definition) is 1. The molecule has 4 nitrogen and oxygen atoms in total. The molecular weight excluding hydrogens is 440 g/mol. The number of carbonyl (C=O) groups is 2. The maximum atomic E-state index is 13.5. The molecule has 0 radical (unpaired) electrons. The second-order valence-corrected chi connectivity index (χ2v) is 9.32. The summed E-state index contributed by atoms with van der Waals surface area (Å²) in [4.78, 5) is 28.6. The van der Waals surface area contributed by atoms with E-state index in [1.165, 1.54) is 5.56 Å². The van der Waals surface area contributed by atoms with Gasteiger partial charge in [-0.05, 0) is 23.1 Å². The van der Waals surface area contributed by atoms with Crippen LogP contribution in [0.3, 0.4) is 0 Å². The first-order valence-electron chi connectivity index (χ1n) is 11.9. The van der Waals surface area contributed by atoms with Gasteiger partial charge in [0.05, 0.1) is 5.75 Å². The number of nitrogens with one attached hydrogen (secondary N) is 1. The van der Waals surface area contributed by atoms with Crippen LogP contribution in [0.5, 0.6) is 0 Å². The average molecular weight is 475 g/mol. The molecule has 178 valence electrons. The van der Waals surface area contributed by atoms with Crippen LogP contribution < -0.4 is 5.32 Å². The van der Waals surface area contributed by atoms with Crippen molar-refractivity contribution in [3.8, 4) is 0 Å². The van der Waals surface area contributed by atoms with Crippen LogP contribution in [-0.2, 0) is 28.3 Å². The van der Waals surface area contributed by atoms with Gasteiger partial charge in [0.15, 0.2) is 0 Å². The molecule has 3 aromatic carbocycles. The Morgan fingerprint density at radius 2 is 1.38 bits per heavy atom. The first-order valence-corrected chi connectivity index (χ1v) is 13.1. The molecule has 3 aromatic rings. The van der Waals surface area contributed by atoms with Crippen molar-refractivity contribution in [1.82, 2.24) is 10.2 Å². The Labute approximate surface area is 207 Å². The molecule has 0 heterocycles. The van der Waals surface area contributed by atoms with Gasteiger partial charge in [-0.3, -0.25) is 9.59 Å². The van der Waals surface area contributed by atoms with Crippen LogP contribution in [0.4, 0.5) is 0 Å². The second-order valence-electron chi connectivity index (χ2n) is 8.34. The fourth-order valence-electron chi connectivity index (χ4n) is 3.75. The molecule has 0 saturated heterocycles. The van der Waals surface area contributed by atoms with Crippen molar-refractivity contribution in [2.75, 3.05) is 12.3 Å². The fraction of sp³-hybridized carbons (Fsp3) is 0.310. The summed E-state index contributed by atoms with van der Waals surface area (Å²) < 4.78 is 0. The lowest BCUT2D eigenvalue weighted by molar-refractivity contribution is -0.139. The van der Waals surface area contributed by atoms with Gasteiger partial charge in [0, 0.05) is 25.3 Å². The van der Waals surface area contributed by atoms with E-state index in [0.717, 1.165) is 29.7 Å². The molecule has 0 spiro atoms. The summed E-state index contributed by atoms with van der Waals surface area (Å²) in [5, 5.41) is 3.07. The molecule has 0 saturated carbocycles. The monoisotopic (exact) mass is 474 g/mol. The Bertz CT molecular complexity index is 996. The topological polar surface area (TPSA) is 49.4 Å². The van der Waals surface area contributed by atoms with Crippen molar-refractivity contribution in [2.24, 2.45) is 0 Å². The van der Waals surface area contributed by atoms with E-state index in [1.54, 1.807) is 16.7 Å². The van der Waals surface area contributed by atoms with Crippen molar-refractivity contribution < 1.29 is 9.59 Å². The van der Waals surface area contributed by atoms with E-state index in [2.05, 4.69) is 24.4 Å². The molecule has 1 atom stereocenters. The number of rotatable bonds is 13. The van der Waals surface area contributed by atoms with E-state index in [4.69, 9.17) is 0 Å². The molecule has 1 unspecified atom stereocenters. The van der Waals surface area contributed by atoms with Crippen LogP contribution in [0.25, 0.3) is 0 Å². The molecule has 0 aliphatic heterocycles. The number of unbranched alkanes of at least 4 members (excludes halogenated alkanes) is 1. The smallest absolute Gasteiger partial charge is 0.243 e. The molecular formula is C29H34N2O2S. The third-order valence-corrected chi connectivity index (χ3v) is 6.62. The van der Waals surface area contributed by atoms with Crippen LogP contribution in [0, 0.1) is 0 Å². The van der Waals surface area contributed by atoms with Crippen LogP contribution in [0.2, 0.25) is 0 Å². The van der Waals surface area contributed by atoms with Crippen molar-refractivity contribution in [3.63, 3.8) is 0 Å². The molecule has 1 N–H and O–H groups in total. The summed E-state index contributed by atoms with van der Waals surface area (Å²) in [7, 11) is 0. The zero-order valence-corrected chi connectivity index (χ0v) is 20.7. The molecule has 5 heteroatoms. The maximum Gasteiger partial charge on any atom is 0.243 e. The molecule has 0 fully saturated rings. The lowest BCUT2D eigenvalue weighted by atomic mass is 10.0. The van der Waals surface area contributed by atoms with E-state index in [0.29, 0.717) is 25.3 Å². The number of nitrogens with zero attached hydrogens (tertiary/aromatic N) is 1. The minimum atomic E-state index is -0.565. The molecule has 3 rings (SSSR count). The number of hydrogen-bond acceptors (Lipinski definition) is 3. The Hall–Kier alpha value is -3.05. The van der Waals surface area contributed by atoms with Gasteiger partial charge in [-0.25, -0.2) is 0 Å². The van der Waals surface area contributed by atoms with E-state index in [-0.39, 0.29) is 11.8 Å². The van der Waals surface area contributed by atoms with Crippen molar-refractivity contribution >= 4 is 23.6 Å². The minimum Gasteiger partial charge on any atom is -0.354 e. The highest BCUT2D eigenvalue weighted by Gasteiger charge is 2.30. The standard InChI is InChI=1S/C29H34N2O2S/c1-2-3-19-30-29(33)27(20-24-13-7-4-8-14-24)31(21-25-15-9-5-10-16-25)28(32)23-34-22-26-17-11-6-12-18-26/h4-18,27H,2-3,19-23H2,1H3,(H,30,33). The third kappa shape index (κ3) is 8.38. The zero-order valence-electron chi connectivity index (χ0n) is 19.9. The maximum absolute atomic E-state index is 13.5. The predicted molar refractivity (Wildman–Crippen MR) is 141 cm³/mol. The Balaban J connectivity index is 1.80. The van der Waals surface area contributed by atoms with E-state index in [1.807, 2.05) is 78.9 Å². The molecule has 2 amide bonds. The van der Waals surface area contributed by atoms with Crippen LogP contribution in [-0.4, -0.2) is 35.1 Å². The summed E-state index contributed by atoms with van der Waals surface area (Å²) >= 11 is 1.59. The highest BCUT2D eigenvalue weighted by Crippen LogP contribution is 2.18. The quantitative estimate of drug-likeness (QED) is 0.334. The second kappa shape index (κ2) is 14.3. The Morgan fingerprint density at radius 1 is 0.824 bits per heavy atom. The first kappa shape index (κ1) is 25.6. The molecule has 0 aliphatic rings. The van der Waals surface area contributed by atoms with Gasteiger partial charge in [0.2, 0.25) is 11.8 Å². The molecule has 34 heavy (non-hydrogen) atoms. The van der Waals surface area contributed by atoms with Crippen molar-refractivity contribution in [2.45, 2.75) is 44.5 Å². The van der Waals surface area contributed by atoms with Crippen LogP contribution in [0.1, 0.15) is 36.5 Å². The Kier molecular flexibility index (Phi) is 10.7. The van der Waals surface area contributed by atoms with E-state index >= 15 is 0 Å². The fourth-order valence-corrected chi connectivity index (χ4v) is 4.62. The Morgan fingerprint density at radius 3 is 1.97 bits per heavy atom. The highest BCUT2D eigenvalue weighted by atomic mass is 32.2. The minimum absolute atomic E-state index is 0.0173. The molecule has 0 bridgehead atoms. The van der Waals surface area contributed by atoms with Gasteiger partial charge in [-0.1, -0.05) is 104 Å². The number of carbonyl (C=O) groups excluding carboxylic acids is 2. The number of benzene rings is 3. The molecule has 0 aromatic heterocycles. The van der Waals surface area contributed by atoms with Crippen molar-refractivity contribution in [1.29, 1.82) is 0 Å². The van der Waals surface area contributed by atoms with Gasteiger partial charge in [0.25, 0.3) is 0 Å². The SMILES string of the molecule is CCCCNC(=O)C(Cc1ccccc1)N(Cc1ccccc1)C(=O)CSCc1ccccc1. The van der Waals surface area contributed by atoms with Gasteiger partial charge < -0.3 is 10.2 Å². The van der Waals surface area contributed by atoms with Crippen LogP contribution >= 0.6 is 11.8 Å². The summed E-state index contributed by atoms with van der Waals surface area (Å²) in [6.07, 6.45) is 2.41. The first-order chi connectivity index (χ1) is 16.7. The zero-order chi connectivity index (χ0) is 24.0. The normalized spacial score (nSPS) is 11.6. The summed E-state index contributed by atoms with van der Waals surface area (Å²) in [5.74, 6) is 0.985. The summed E-state index contributed by atoms with van der Waals surface area (Å²) in [6, 6.07) is 29.4. The molecule has 0 aliphatic carbocycles. The lowest BCUT2D eigenvalue weighted by Gasteiger charge is -2.31. The average Bonchev–Trinajstić information content (AvgIpc) is 2.88. The largest absolute Gasteiger partial charge is 0.354 e. The van der Waals surface area contributed by atoms with Gasteiger partial charge in [0.1, 0.15) is 6.04 Å². The summed E-state index contributed by atoms with van der Waals surface area (Å²) in [5.41, 5.74) is 3.25. The van der Waals surface area contributed by atoms with Gasteiger partial charge >= 0.3 is 0 Å². The van der Waals surface area contributed by atoms with Crippen LogP contribution in [0.15, 0.2) is 91.0 Å². The van der Waals surface area contributed by atoms with Gasteiger partial charge in [-0.2, -0.15) is 0 Å². The predicted octanol–water partition coefficient (Wildman–Crippen LogP) is 5.48. The highest BCUT2D eigenvalue weighted by molar-refractivity contribution is 7.99.